The van der Waals surface area contributed by atoms with Gasteiger partial charge in [0.05, 0.1) is 6.61 Å². The largest absolute Gasteiger partial charge is 0.450 e. The third-order valence-corrected chi connectivity index (χ3v) is 4.32. The first-order valence-corrected chi connectivity index (χ1v) is 10.9. The number of alkyl carbamates (subject to hydrolysis) is 1. The topological polar surface area (TPSA) is 120 Å². The van der Waals surface area contributed by atoms with E-state index in [4.69, 9.17) is 18.9 Å². The van der Waals surface area contributed by atoms with Crippen molar-refractivity contribution in [3.63, 3.8) is 0 Å². The van der Waals surface area contributed by atoms with Gasteiger partial charge in [-0.05, 0) is 47.5 Å². The molecule has 0 spiro atoms. The maximum absolute atomic E-state index is 12.5. The normalized spacial score (nSPS) is 10.8. The summed E-state index contributed by atoms with van der Waals surface area (Å²) in [5.74, 6) is -1.58. The zero-order valence-corrected chi connectivity index (χ0v) is 20.7. The van der Waals surface area contributed by atoms with Gasteiger partial charge in [0.2, 0.25) is 0 Å². The molecule has 10 heteroatoms. The van der Waals surface area contributed by atoms with Gasteiger partial charge in [0.25, 0.3) is 6.29 Å². The van der Waals surface area contributed by atoms with Crippen molar-refractivity contribution in [2.75, 3.05) is 26.7 Å². The summed E-state index contributed by atoms with van der Waals surface area (Å²) in [6.45, 7) is 15.9. The van der Waals surface area contributed by atoms with Gasteiger partial charge < -0.3 is 29.2 Å². The number of carbonyl (C=O) groups excluding carboxylic acids is 4. The quantitative estimate of drug-likeness (QED) is 0.134. The second-order valence-corrected chi connectivity index (χ2v) is 8.16. The van der Waals surface area contributed by atoms with Gasteiger partial charge in [-0.2, -0.15) is 0 Å². The van der Waals surface area contributed by atoms with Gasteiger partial charge in [-0.1, -0.05) is 26.0 Å². The molecule has 0 saturated heterocycles. The third-order valence-electron chi connectivity index (χ3n) is 4.32. The molecule has 0 saturated carbocycles. The molecule has 0 aliphatic heterocycles. The van der Waals surface area contributed by atoms with Crippen LogP contribution in [0.15, 0.2) is 24.3 Å². The fourth-order valence-corrected chi connectivity index (χ4v) is 2.35. The van der Waals surface area contributed by atoms with Gasteiger partial charge in [0.15, 0.2) is 5.60 Å². The predicted molar refractivity (Wildman–Crippen MR) is 122 cm³/mol. The average molecular weight is 471 g/mol. The first kappa shape index (κ1) is 30.0. The van der Waals surface area contributed by atoms with E-state index >= 15 is 0 Å². The van der Waals surface area contributed by atoms with Crippen LogP contribution in [0, 0.1) is 0 Å². The molecule has 0 radical (unpaired) electrons. The van der Waals surface area contributed by atoms with Crippen LogP contribution in [-0.4, -0.2) is 67.7 Å². The molecule has 0 heterocycles. The number of unbranched alkanes of at least 4 members (excludes halogenated alkanes) is 3. The van der Waals surface area contributed by atoms with Gasteiger partial charge in [0, 0.05) is 31.3 Å². The highest BCUT2D eigenvalue weighted by Crippen LogP contribution is 2.23. The summed E-state index contributed by atoms with van der Waals surface area (Å²) in [6, 6.07) is 0. The molecular formula is C23H38N2O8. The fourth-order valence-electron chi connectivity index (χ4n) is 2.35. The van der Waals surface area contributed by atoms with E-state index in [0.717, 1.165) is 25.7 Å². The van der Waals surface area contributed by atoms with Gasteiger partial charge in [-0.25, -0.2) is 19.2 Å². The molecule has 0 aliphatic rings. The number of esters is 2. The zero-order chi connectivity index (χ0) is 25.6. The number of hydrogen-bond donors (Lipinski definition) is 1. The second-order valence-electron chi connectivity index (χ2n) is 8.16. The van der Waals surface area contributed by atoms with Crippen molar-refractivity contribution >= 4 is 24.1 Å². The van der Waals surface area contributed by atoms with Crippen LogP contribution in [0.4, 0.5) is 9.59 Å². The molecule has 0 aromatic heterocycles. The molecule has 0 bridgehead atoms. The molecule has 0 aromatic rings. The Morgan fingerprint density at radius 1 is 0.939 bits per heavy atom. The Morgan fingerprint density at radius 3 is 1.94 bits per heavy atom. The Kier molecular flexibility index (Phi) is 13.5. The molecule has 33 heavy (non-hydrogen) atoms. The number of nitrogens with one attached hydrogen (secondary N) is 1. The molecular weight excluding hydrogens is 432 g/mol. The van der Waals surface area contributed by atoms with Crippen LogP contribution in [-0.2, 0) is 28.5 Å². The van der Waals surface area contributed by atoms with Crippen LogP contribution < -0.4 is 5.32 Å². The summed E-state index contributed by atoms with van der Waals surface area (Å²) < 4.78 is 20.6. The summed E-state index contributed by atoms with van der Waals surface area (Å²) in [5, 5.41) is 2.65. The molecule has 2 amide bonds. The Bertz CT molecular complexity index is 689. The lowest BCUT2D eigenvalue weighted by Crippen LogP contribution is -2.48. The van der Waals surface area contributed by atoms with Crippen LogP contribution in [0.3, 0.4) is 0 Å². The Hall–Kier alpha value is -3.04. The first-order valence-electron chi connectivity index (χ1n) is 10.9. The molecule has 0 rings (SSSR count). The summed E-state index contributed by atoms with van der Waals surface area (Å²) in [7, 11) is 1.58. The van der Waals surface area contributed by atoms with Gasteiger partial charge >= 0.3 is 24.1 Å². The third kappa shape index (κ3) is 12.5. The van der Waals surface area contributed by atoms with Crippen molar-refractivity contribution in [1.82, 2.24) is 10.2 Å². The van der Waals surface area contributed by atoms with Crippen molar-refractivity contribution in [3.8, 4) is 0 Å². The molecule has 0 fully saturated rings. The highest BCUT2D eigenvalue weighted by Gasteiger charge is 2.40. The molecule has 0 aliphatic carbocycles. The highest BCUT2D eigenvalue weighted by atomic mass is 16.7. The maximum Gasteiger partial charge on any atom is 0.410 e. The van der Waals surface area contributed by atoms with Gasteiger partial charge in [-0.3, -0.25) is 0 Å². The lowest BCUT2D eigenvalue weighted by molar-refractivity contribution is -0.220. The summed E-state index contributed by atoms with van der Waals surface area (Å²) >= 11 is 0. The minimum absolute atomic E-state index is 0.100. The standard InChI is InChI=1S/C23H38N2O8/c1-9-30-21(28)24-14-12-10-11-13-15-25(8)22(29)33-23(6,7)20(31-18(26)16(2)3)32-19(27)17(4)5/h20H,2,4,9-15H2,1,3,5-8H3,(H,24,28). The average Bonchev–Trinajstić information content (AvgIpc) is 2.71. The van der Waals surface area contributed by atoms with E-state index in [2.05, 4.69) is 18.5 Å². The van der Waals surface area contributed by atoms with E-state index in [9.17, 15) is 19.2 Å². The molecule has 0 unspecified atom stereocenters. The van der Waals surface area contributed by atoms with Gasteiger partial charge in [0.1, 0.15) is 0 Å². The van der Waals surface area contributed by atoms with Gasteiger partial charge in [-0.15, -0.1) is 0 Å². The molecule has 10 nitrogen and oxygen atoms in total. The smallest absolute Gasteiger partial charge is 0.410 e. The van der Waals surface area contributed by atoms with Crippen molar-refractivity contribution in [2.24, 2.45) is 0 Å². The Balaban J connectivity index is 4.67. The molecule has 0 aromatic carbocycles. The van der Waals surface area contributed by atoms with Crippen LogP contribution in [0.5, 0.6) is 0 Å². The van der Waals surface area contributed by atoms with E-state index in [-0.39, 0.29) is 11.1 Å². The predicted octanol–water partition coefficient (Wildman–Crippen LogP) is 3.70. The Labute approximate surface area is 196 Å². The van der Waals surface area contributed by atoms with E-state index < -0.39 is 36.0 Å². The fraction of sp³-hybridized carbons (Fsp3) is 0.652. The monoisotopic (exact) mass is 470 g/mol. The maximum atomic E-state index is 12.5. The number of nitrogens with zero attached hydrogens (tertiary/aromatic N) is 1. The van der Waals surface area contributed by atoms with E-state index in [1.807, 2.05) is 0 Å². The summed E-state index contributed by atoms with van der Waals surface area (Å²) in [4.78, 5) is 49.1. The number of ether oxygens (including phenoxy) is 4. The van der Waals surface area contributed by atoms with Crippen LogP contribution in [0.25, 0.3) is 0 Å². The van der Waals surface area contributed by atoms with Crippen LogP contribution in [0.1, 0.15) is 60.3 Å². The van der Waals surface area contributed by atoms with E-state index in [1.165, 1.54) is 32.6 Å². The highest BCUT2D eigenvalue weighted by molar-refractivity contribution is 5.88. The van der Waals surface area contributed by atoms with Crippen LogP contribution >= 0.6 is 0 Å². The summed E-state index contributed by atoms with van der Waals surface area (Å²) in [6.07, 6.45) is 0.663. The lowest BCUT2D eigenvalue weighted by atomic mass is 10.1. The SMILES string of the molecule is C=C(C)C(=O)OC(OC(=O)C(=C)C)C(C)(C)OC(=O)N(C)CCCCCCNC(=O)OCC. The first-order chi connectivity index (χ1) is 15.3. The van der Waals surface area contributed by atoms with Crippen molar-refractivity contribution in [2.45, 2.75) is 72.2 Å². The van der Waals surface area contributed by atoms with Crippen LogP contribution in [0.2, 0.25) is 0 Å². The number of hydrogen-bond acceptors (Lipinski definition) is 8. The van der Waals surface area contributed by atoms with Crippen molar-refractivity contribution in [3.05, 3.63) is 24.3 Å². The second kappa shape index (κ2) is 14.9. The van der Waals surface area contributed by atoms with E-state index in [0.29, 0.717) is 19.7 Å². The Morgan fingerprint density at radius 2 is 1.45 bits per heavy atom. The lowest BCUT2D eigenvalue weighted by Gasteiger charge is -2.33. The molecule has 188 valence electrons. The summed E-state index contributed by atoms with van der Waals surface area (Å²) in [5.41, 5.74) is -1.27. The molecule has 0 atom stereocenters. The minimum atomic E-state index is -1.49. The zero-order valence-electron chi connectivity index (χ0n) is 20.7. The molecule has 1 N–H and O–H groups in total. The number of rotatable bonds is 14. The number of amides is 2. The van der Waals surface area contributed by atoms with Crippen molar-refractivity contribution < 1.29 is 38.1 Å². The number of carbonyl (C=O) groups is 4. The van der Waals surface area contributed by atoms with E-state index in [1.54, 1.807) is 14.0 Å². The minimum Gasteiger partial charge on any atom is -0.450 e. The van der Waals surface area contributed by atoms with Crippen molar-refractivity contribution in [1.29, 1.82) is 0 Å².